The van der Waals surface area contributed by atoms with Gasteiger partial charge in [-0.1, -0.05) is 0 Å². The van der Waals surface area contributed by atoms with Gasteiger partial charge < -0.3 is 9.47 Å². The largest absolute Gasteiger partial charge is 0.452 e. The van der Waals surface area contributed by atoms with E-state index in [9.17, 15) is 4.79 Å². The molecule has 0 aromatic carbocycles. The first kappa shape index (κ1) is 14.9. The number of rotatable bonds is 1. The third kappa shape index (κ3) is 24.6. The van der Waals surface area contributed by atoms with E-state index >= 15 is 0 Å². The molecule has 3 heteroatoms. The van der Waals surface area contributed by atoms with Crippen LogP contribution in [0.15, 0.2) is 0 Å². The lowest BCUT2D eigenvalue weighted by molar-refractivity contribution is 0.0397. The van der Waals surface area contributed by atoms with Crippen LogP contribution in [0.4, 0.5) is 0 Å². The van der Waals surface area contributed by atoms with E-state index in [4.69, 9.17) is 4.74 Å². The van der Waals surface area contributed by atoms with Crippen molar-refractivity contribution in [3.8, 4) is 0 Å². The maximum absolute atomic E-state index is 9.47. The van der Waals surface area contributed by atoms with Crippen LogP contribution in [-0.2, 0) is 14.3 Å². The molecule has 0 aliphatic carbocycles. The predicted molar refractivity (Wildman–Crippen MR) is 53.3 cm³/mol. The Morgan fingerprint density at radius 1 is 0.923 bits per heavy atom. The number of hydrogen-bond acceptors (Lipinski definition) is 3. The van der Waals surface area contributed by atoms with Gasteiger partial charge in [-0.3, -0.25) is 0 Å². The third-order valence-electron chi connectivity index (χ3n) is 0.960. The Kier molecular flexibility index (Phi) is 6.86. The molecule has 0 aromatic rings. The first-order valence-electron chi connectivity index (χ1n) is 4.22. The molecule has 0 saturated carbocycles. The summed E-state index contributed by atoms with van der Waals surface area (Å²) in [6.07, 6.45) is 0. The van der Waals surface area contributed by atoms with Gasteiger partial charge in [0.2, 0.25) is 0 Å². The number of carbonyl (C=O) groups excluding carboxylic acids is 1. The predicted octanol–water partition coefficient (Wildman–Crippen LogP) is 2.30. The minimum absolute atomic E-state index is 0.0417. The molecule has 0 aromatic heterocycles. The van der Waals surface area contributed by atoms with Crippen LogP contribution in [0.5, 0.6) is 0 Å². The summed E-state index contributed by atoms with van der Waals surface area (Å²) in [4.78, 5) is 9.47. The number of hydrogen-bond donors (Lipinski definition) is 0. The van der Waals surface area contributed by atoms with Crippen LogP contribution in [0, 0.1) is 0 Å². The van der Waals surface area contributed by atoms with Gasteiger partial charge in [0.15, 0.2) is 0 Å². The Morgan fingerprint density at radius 2 is 1.23 bits per heavy atom. The van der Waals surface area contributed by atoms with Crippen LogP contribution in [-0.4, -0.2) is 24.8 Å². The van der Waals surface area contributed by atoms with Crippen molar-refractivity contribution in [3.63, 3.8) is 0 Å². The maximum Gasteiger partial charge on any atom is 0.418 e. The fraction of sp³-hybridized carbons (Fsp3) is 0.900. The second-order valence-corrected chi connectivity index (χ2v) is 4.61. The van der Waals surface area contributed by atoms with Crippen LogP contribution in [0.1, 0.15) is 41.5 Å². The Bertz CT molecular complexity index is 128. The minimum Gasteiger partial charge on any atom is -0.452 e. The summed E-state index contributed by atoms with van der Waals surface area (Å²) in [5.74, 6) is 0. The van der Waals surface area contributed by atoms with Crippen LogP contribution in [0.2, 0.25) is 0 Å². The second-order valence-electron chi connectivity index (χ2n) is 4.61. The quantitative estimate of drug-likeness (QED) is 0.635. The van der Waals surface area contributed by atoms with E-state index in [0.29, 0.717) is 0 Å². The molecule has 1 radical (unpaired) electrons. The molecule has 0 atom stereocenters. The van der Waals surface area contributed by atoms with E-state index in [-0.39, 0.29) is 11.2 Å². The molecule has 79 valence electrons. The minimum atomic E-state index is -0.373. The first-order valence-corrected chi connectivity index (χ1v) is 4.22. The zero-order valence-corrected chi connectivity index (χ0v) is 9.72. The van der Waals surface area contributed by atoms with E-state index in [0.717, 1.165) is 0 Å². The lowest BCUT2D eigenvalue weighted by atomic mass is 10.2. The molecular weight excluding hydrogens is 168 g/mol. The first-order chi connectivity index (χ1) is 5.62. The van der Waals surface area contributed by atoms with E-state index < -0.39 is 0 Å². The average Bonchev–Trinajstić information content (AvgIpc) is 1.84. The molecule has 3 nitrogen and oxygen atoms in total. The fourth-order valence-electron chi connectivity index (χ4n) is 0.125. The molecule has 0 heterocycles. The Hall–Kier alpha value is -0.570. The zero-order chi connectivity index (χ0) is 11.1. The van der Waals surface area contributed by atoms with Crippen molar-refractivity contribution in [1.29, 1.82) is 0 Å². The summed E-state index contributed by atoms with van der Waals surface area (Å²) in [5, 5.41) is 0. The smallest absolute Gasteiger partial charge is 0.418 e. The molecule has 0 amide bonds. The summed E-state index contributed by atoms with van der Waals surface area (Å²) in [7, 11) is 1.71. The Balaban J connectivity index is 0. The lowest BCUT2D eigenvalue weighted by Gasteiger charge is -2.14. The van der Waals surface area contributed by atoms with Gasteiger partial charge in [-0.15, -0.1) is 0 Å². The summed E-state index contributed by atoms with van der Waals surface area (Å²) in [5.41, 5.74) is -0.332. The van der Waals surface area contributed by atoms with Crippen molar-refractivity contribution in [2.75, 3.05) is 7.11 Å². The molecule has 0 fully saturated rings. The average molecular weight is 189 g/mol. The monoisotopic (exact) mass is 189 g/mol. The molecule has 0 unspecified atom stereocenters. The zero-order valence-electron chi connectivity index (χ0n) is 9.72. The second kappa shape index (κ2) is 5.97. The number of ether oxygens (including phenoxy) is 2. The van der Waals surface area contributed by atoms with E-state index in [2.05, 4.69) is 4.74 Å². The summed E-state index contributed by atoms with van der Waals surface area (Å²) >= 11 is 0. The summed E-state index contributed by atoms with van der Waals surface area (Å²) in [6.45, 7) is 12.8. The van der Waals surface area contributed by atoms with Crippen molar-refractivity contribution < 1.29 is 14.3 Å². The molecule has 13 heavy (non-hydrogen) atoms. The highest BCUT2D eigenvalue weighted by molar-refractivity contribution is 5.39. The SMILES string of the molecule is CC(C)(C)O[C]=O.COC(C)(C)C. The lowest BCUT2D eigenvalue weighted by Crippen LogP contribution is -2.17. The molecule has 0 aliphatic rings. The topological polar surface area (TPSA) is 35.5 Å². The molecule has 0 rings (SSSR count). The van der Waals surface area contributed by atoms with Crippen molar-refractivity contribution in [1.82, 2.24) is 0 Å². The van der Waals surface area contributed by atoms with Crippen molar-refractivity contribution in [3.05, 3.63) is 0 Å². The van der Waals surface area contributed by atoms with Crippen LogP contribution < -0.4 is 0 Å². The van der Waals surface area contributed by atoms with Gasteiger partial charge in [0.05, 0.1) is 5.60 Å². The number of methoxy groups -OCH3 is 1. The van der Waals surface area contributed by atoms with E-state index in [1.807, 2.05) is 20.8 Å². The highest BCUT2D eigenvalue weighted by Gasteiger charge is 2.08. The maximum atomic E-state index is 9.47. The summed E-state index contributed by atoms with van der Waals surface area (Å²) in [6, 6.07) is 0. The molecule has 0 saturated heterocycles. The molecule has 0 spiro atoms. The van der Waals surface area contributed by atoms with Gasteiger partial charge in [0.1, 0.15) is 5.60 Å². The molecule has 0 N–H and O–H groups in total. The van der Waals surface area contributed by atoms with Gasteiger partial charge in [-0.25, -0.2) is 4.79 Å². The van der Waals surface area contributed by atoms with E-state index in [1.54, 1.807) is 27.9 Å². The Labute approximate surface area is 81.4 Å². The van der Waals surface area contributed by atoms with Gasteiger partial charge >= 0.3 is 6.47 Å². The highest BCUT2D eigenvalue weighted by atomic mass is 16.5. The van der Waals surface area contributed by atoms with Crippen LogP contribution in [0.25, 0.3) is 0 Å². The van der Waals surface area contributed by atoms with Gasteiger partial charge in [-0.05, 0) is 41.5 Å². The van der Waals surface area contributed by atoms with Crippen LogP contribution in [0.3, 0.4) is 0 Å². The molecular formula is C10H21O3. The third-order valence-corrected chi connectivity index (χ3v) is 0.960. The molecule has 0 aliphatic heterocycles. The highest BCUT2D eigenvalue weighted by Crippen LogP contribution is 2.02. The van der Waals surface area contributed by atoms with Crippen molar-refractivity contribution in [2.24, 2.45) is 0 Å². The van der Waals surface area contributed by atoms with E-state index in [1.165, 1.54) is 6.47 Å². The van der Waals surface area contributed by atoms with Crippen LogP contribution >= 0.6 is 0 Å². The summed E-state index contributed by atoms with van der Waals surface area (Å²) < 4.78 is 9.36. The van der Waals surface area contributed by atoms with Gasteiger partial charge in [0.25, 0.3) is 0 Å². The standard InChI is InChI=1S/C5H9O2.C5H12O/c1-5(2,3)7-4-6;1-5(2,3)6-4/h1-3H3;1-4H3. The van der Waals surface area contributed by atoms with Gasteiger partial charge in [-0.2, -0.15) is 0 Å². The Morgan fingerprint density at radius 3 is 1.23 bits per heavy atom. The van der Waals surface area contributed by atoms with Gasteiger partial charge in [0, 0.05) is 7.11 Å². The fourth-order valence-corrected chi connectivity index (χ4v) is 0.125. The van der Waals surface area contributed by atoms with Crippen molar-refractivity contribution in [2.45, 2.75) is 52.7 Å². The van der Waals surface area contributed by atoms with Crippen molar-refractivity contribution >= 4 is 6.47 Å². The molecule has 0 bridgehead atoms. The normalized spacial score (nSPS) is 11.3.